The summed E-state index contributed by atoms with van der Waals surface area (Å²) in [5, 5.41) is 14.1. The number of nitrogens with zero attached hydrogens (tertiary/aromatic N) is 1. The number of rotatable bonds is 4. The van der Waals surface area contributed by atoms with Gasteiger partial charge in [-0.3, -0.25) is 0 Å². The summed E-state index contributed by atoms with van der Waals surface area (Å²) in [7, 11) is 0. The van der Waals surface area contributed by atoms with Crippen LogP contribution in [0.25, 0.3) is 10.6 Å². The molecule has 1 aromatic heterocycles. The van der Waals surface area contributed by atoms with Crippen LogP contribution in [-0.4, -0.2) is 16.1 Å². The number of halogens is 1. The number of benzene rings is 1. The molecule has 0 bridgehead atoms. The van der Waals surface area contributed by atoms with Crippen LogP contribution in [0.1, 0.15) is 17.7 Å². The molecule has 0 aliphatic heterocycles. The number of phenolic OH excluding ortho intramolecular Hbond substituents is 1. The van der Waals surface area contributed by atoms with Crippen LogP contribution >= 0.6 is 22.9 Å². The first kappa shape index (κ1) is 12.0. The summed E-state index contributed by atoms with van der Waals surface area (Å²) < 4.78 is 0. The van der Waals surface area contributed by atoms with E-state index in [1.165, 1.54) is 17.7 Å². The van der Waals surface area contributed by atoms with Gasteiger partial charge >= 0.3 is 0 Å². The van der Waals surface area contributed by atoms with Crippen molar-refractivity contribution in [3.8, 4) is 16.3 Å². The van der Waals surface area contributed by atoms with E-state index in [0.717, 1.165) is 17.1 Å². The third kappa shape index (κ3) is 2.66. The molecule has 1 fully saturated rings. The Morgan fingerprint density at radius 2 is 2.28 bits per heavy atom. The fraction of sp³-hybridized carbons (Fsp3) is 0.308. The standard InChI is InChI=1S/C13H13ClN2OS/c14-11-5-8(1-4-12(11)17)13-16-7-10(18-13)6-15-9-2-3-9/h1,4-5,7,9,15,17H,2-3,6H2. The van der Waals surface area contributed by atoms with Gasteiger partial charge in [0.2, 0.25) is 0 Å². The van der Waals surface area contributed by atoms with Crippen molar-refractivity contribution in [2.45, 2.75) is 25.4 Å². The second-order valence-corrected chi connectivity index (χ2v) is 5.98. The largest absolute Gasteiger partial charge is 0.506 e. The normalized spacial score (nSPS) is 14.9. The summed E-state index contributed by atoms with van der Waals surface area (Å²) >= 11 is 7.55. The minimum Gasteiger partial charge on any atom is -0.506 e. The van der Waals surface area contributed by atoms with E-state index >= 15 is 0 Å². The minimum atomic E-state index is 0.104. The summed E-state index contributed by atoms with van der Waals surface area (Å²) in [6.45, 7) is 0.883. The molecule has 5 heteroatoms. The number of hydrogen-bond donors (Lipinski definition) is 2. The van der Waals surface area contributed by atoms with Gasteiger partial charge in [0.15, 0.2) is 0 Å². The SMILES string of the molecule is Oc1ccc(-c2ncc(CNC3CC3)s2)cc1Cl. The van der Waals surface area contributed by atoms with Gasteiger partial charge in [-0.15, -0.1) is 11.3 Å². The average molecular weight is 281 g/mol. The van der Waals surface area contributed by atoms with Gasteiger partial charge in [-0.2, -0.15) is 0 Å². The summed E-state index contributed by atoms with van der Waals surface area (Å²) in [4.78, 5) is 5.62. The van der Waals surface area contributed by atoms with E-state index < -0.39 is 0 Å². The molecule has 0 atom stereocenters. The monoisotopic (exact) mass is 280 g/mol. The van der Waals surface area contributed by atoms with E-state index in [1.54, 1.807) is 23.5 Å². The van der Waals surface area contributed by atoms with Crippen LogP contribution in [0.5, 0.6) is 5.75 Å². The predicted octanol–water partition coefficient (Wildman–Crippen LogP) is 3.42. The van der Waals surface area contributed by atoms with Crippen molar-refractivity contribution >= 4 is 22.9 Å². The highest BCUT2D eigenvalue weighted by atomic mass is 35.5. The molecule has 94 valence electrons. The van der Waals surface area contributed by atoms with Crippen molar-refractivity contribution in [3.63, 3.8) is 0 Å². The fourth-order valence-electron chi connectivity index (χ4n) is 1.70. The molecule has 18 heavy (non-hydrogen) atoms. The lowest BCUT2D eigenvalue weighted by atomic mass is 10.2. The van der Waals surface area contributed by atoms with Gasteiger partial charge in [-0.25, -0.2) is 4.98 Å². The van der Waals surface area contributed by atoms with E-state index in [0.29, 0.717) is 11.1 Å². The van der Waals surface area contributed by atoms with Crippen LogP contribution in [0, 0.1) is 0 Å². The molecule has 1 aliphatic carbocycles. The smallest absolute Gasteiger partial charge is 0.134 e. The Balaban J connectivity index is 1.76. The van der Waals surface area contributed by atoms with Gasteiger partial charge < -0.3 is 10.4 Å². The van der Waals surface area contributed by atoms with Crippen molar-refractivity contribution in [1.82, 2.24) is 10.3 Å². The Bertz CT molecular complexity index is 566. The highest BCUT2D eigenvalue weighted by molar-refractivity contribution is 7.15. The summed E-state index contributed by atoms with van der Waals surface area (Å²) in [6.07, 6.45) is 4.48. The average Bonchev–Trinajstić information content (AvgIpc) is 3.08. The number of aromatic hydroxyl groups is 1. The molecule has 0 unspecified atom stereocenters. The Morgan fingerprint density at radius 1 is 1.44 bits per heavy atom. The summed E-state index contributed by atoms with van der Waals surface area (Å²) in [6, 6.07) is 5.88. The Hall–Kier alpha value is -1.10. The van der Waals surface area contributed by atoms with E-state index in [9.17, 15) is 5.11 Å². The number of hydrogen-bond acceptors (Lipinski definition) is 4. The maximum Gasteiger partial charge on any atom is 0.134 e. The van der Waals surface area contributed by atoms with Gasteiger partial charge in [0.05, 0.1) is 5.02 Å². The predicted molar refractivity (Wildman–Crippen MR) is 74.1 cm³/mol. The zero-order valence-electron chi connectivity index (χ0n) is 9.69. The Labute approximate surface area is 114 Å². The van der Waals surface area contributed by atoms with Gasteiger partial charge in [-0.1, -0.05) is 11.6 Å². The second-order valence-electron chi connectivity index (χ2n) is 4.45. The van der Waals surface area contributed by atoms with Crippen LogP contribution < -0.4 is 5.32 Å². The highest BCUT2D eigenvalue weighted by Crippen LogP contribution is 2.31. The minimum absolute atomic E-state index is 0.104. The molecule has 1 saturated carbocycles. The van der Waals surface area contributed by atoms with Crippen molar-refractivity contribution in [3.05, 3.63) is 34.3 Å². The fourth-order valence-corrected chi connectivity index (χ4v) is 2.74. The third-order valence-electron chi connectivity index (χ3n) is 2.89. The van der Waals surface area contributed by atoms with E-state index in [4.69, 9.17) is 11.6 Å². The summed E-state index contributed by atoms with van der Waals surface area (Å²) in [5.74, 6) is 0.104. The highest BCUT2D eigenvalue weighted by Gasteiger charge is 2.20. The number of nitrogens with one attached hydrogen (secondary N) is 1. The molecular formula is C13H13ClN2OS. The maximum atomic E-state index is 9.39. The molecule has 1 aromatic carbocycles. The zero-order valence-corrected chi connectivity index (χ0v) is 11.3. The van der Waals surface area contributed by atoms with Crippen molar-refractivity contribution < 1.29 is 5.11 Å². The molecule has 1 aliphatic rings. The van der Waals surface area contributed by atoms with Crippen LogP contribution in [0.3, 0.4) is 0 Å². The molecule has 1 heterocycles. The van der Waals surface area contributed by atoms with Crippen molar-refractivity contribution in [2.75, 3.05) is 0 Å². The first-order chi connectivity index (χ1) is 8.72. The molecule has 2 aromatic rings. The van der Waals surface area contributed by atoms with Crippen LogP contribution in [-0.2, 0) is 6.54 Å². The quantitative estimate of drug-likeness (QED) is 0.902. The summed E-state index contributed by atoms with van der Waals surface area (Å²) in [5.41, 5.74) is 0.945. The number of aromatic nitrogens is 1. The van der Waals surface area contributed by atoms with Gasteiger partial charge in [0.25, 0.3) is 0 Å². The number of thiazole rings is 1. The molecular weight excluding hydrogens is 268 g/mol. The molecule has 0 amide bonds. The number of phenols is 1. The van der Waals surface area contributed by atoms with Crippen LogP contribution in [0.2, 0.25) is 5.02 Å². The van der Waals surface area contributed by atoms with Crippen molar-refractivity contribution in [1.29, 1.82) is 0 Å². The van der Waals surface area contributed by atoms with E-state index in [1.807, 2.05) is 12.3 Å². The zero-order chi connectivity index (χ0) is 12.5. The Kier molecular flexibility index (Phi) is 3.24. The lowest BCUT2D eigenvalue weighted by molar-refractivity contribution is 0.475. The van der Waals surface area contributed by atoms with E-state index in [2.05, 4.69) is 10.3 Å². The molecule has 0 saturated heterocycles. The third-order valence-corrected chi connectivity index (χ3v) is 4.24. The van der Waals surface area contributed by atoms with Gasteiger partial charge in [0.1, 0.15) is 10.8 Å². The lowest BCUT2D eigenvalue weighted by Gasteiger charge is -2.00. The Morgan fingerprint density at radius 3 is 3.00 bits per heavy atom. The van der Waals surface area contributed by atoms with Crippen molar-refractivity contribution in [2.24, 2.45) is 0 Å². The van der Waals surface area contributed by atoms with Gasteiger partial charge in [-0.05, 0) is 31.0 Å². The lowest BCUT2D eigenvalue weighted by Crippen LogP contribution is -2.14. The van der Waals surface area contributed by atoms with Crippen LogP contribution in [0.15, 0.2) is 24.4 Å². The molecule has 2 N–H and O–H groups in total. The first-order valence-electron chi connectivity index (χ1n) is 5.89. The van der Waals surface area contributed by atoms with Gasteiger partial charge in [0, 0.05) is 29.2 Å². The molecule has 3 rings (SSSR count). The molecule has 0 radical (unpaired) electrons. The molecule has 0 spiro atoms. The topological polar surface area (TPSA) is 45.2 Å². The van der Waals surface area contributed by atoms with E-state index in [-0.39, 0.29) is 5.75 Å². The second kappa shape index (κ2) is 4.88. The van der Waals surface area contributed by atoms with Crippen LogP contribution in [0.4, 0.5) is 0 Å². The maximum absolute atomic E-state index is 9.39. The first-order valence-corrected chi connectivity index (χ1v) is 7.09. The molecule has 3 nitrogen and oxygen atoms in total.